The third kappa shape index (κ3) is 2.81. The maximum absolute atomic E-state index is 13.2. The van der Waals surface area contributed by atoms with Gasteiger partial charge in [0.2, 0.25) is 0 Å². The van der Waals surface area contributed by atoms with Crippen LogP contribution in [0.15, 0.2) is 18.2 Å². The SMILES string of the molecule is O=C(CCBr)c1c(F)cccc1C(F)F. The third-order valence-corrected chi connectivity index (χ3v) is 2.28. The standard InChI is InChI=1S/C10H8BrF3O/c11-5-4-8(15)9-6(10(13)14)2-1-3-7(9)12/h1-3,10H,4-5H2. The monoisotopic (exact) mass is 280 g/mol. The first-order valence-corrected chi connectivity index (χ1v) is 5.35. The van der Waals surface area contributed by atoms with E-state index >= 15 is 0 Å². The van der Waals surface area contributed by atoms with Gasteiger partial charge in [-0.1, -0.05) is 28.1 Å². The molecular weight excluding hydrogens is 273 g/mol. The van der Waals surface area contributed by atoms with Crippen molar-refractivity contribution < 1.29 is 18.0 Å². The van der Waals surface area contributed by atoms with Gasteiger partial charge in [-0.25, -0.2) is 13.2 Å². The molecule has 1 aromatic carbocycles. The maximum atomic E-state index is 13.2. The van der Waals surface area contributed by atoms with E-state index in [1.54, 1.807) is 0 Å². The predicted octanol–water partition coefficient (Wildman–Crippen LogP) is 3.73. The molecule has 0 N–H and O–H groups in total. The van der Waals surface area contributed by atoms with Crippen molar-refractivity contribution in [2.45, 2.75) is 12.8 Å². The lowest BCUT2D eigenvalue weighted by atomic mass is 10.0. The number of carbonyl (C=O) groups is 1. The number of hydrogen-bond acceptors (Lipinski definition) is 1. The van der Waals surface area contributed by atoms with E-state index in [0.717, 1.165) is 12.1 Å². The summed E-state index contributed by atoms with van der Waals surface area (Å²) < 4.78 is 38.2. The zero-order valence-electron chi connectivity index (χ0n) is 7.64. The zero-order valence-corrected chi connectivity index (χ0v) is 9.23. The Morgan fingerprint density at radius 3 is 2.60 bits per heavy atom. The van der Waals surface area contributed by atoms with Crippen molar-refractivity contribution in [3.8, 4) is 0 Å². The molecule has 0 amide bonds. The topological polar surface area (TPSA) is 17.1 Å². The van der Waals surface area contributed by atoms with Gasteiger partial charge in [-0.3, -0.25) is 4.79 Å². The predicted molar refractivity (Wildman–Crippen MR) is 54.1 cm³/mol. The highest BCUT2D eigenvalue weighted by Gasteiger charge is 2.21. The summed E-state index contributed by atoms with van der Waals surface area (Å²) in [6.45, 7) is 0. The van der Waals surface area contributed by atoms with Crippen molar-refractivity contribution in [2.75, 3.05) is 5.33 Å². The van der Waals surface area contributed by atoms with Crippen LogP contribution in [0.5, 0.6) is 0 Å². The number of hydrogen-bond donors (Lipinski definition) is 0. The van der Waals surface area contributed by atoms with Crippen LogP contribution < -0.4 is 0 Å². The van der Waals surface area contributed by atoms with Crippen molar-refractivity contribution in [3.05, 3.63) is 35.1 Å². The Hall–Kier alpha value is -0.840. The Balaban J connectivity index is 3.18. The van der Waals surface area contributed by atoms with Crippen LogP contribution in [0, 0.1) is 5.82 Å². The number of Topliss-reactive ketones (excluding diaryl/α,β-unsaturated/α-hetero) is 1. The minimum atomic E-state index is -2.84. The minimum absolute atomic E-state index is 0.000648. The number of halogens is 4. The lowest BCUT2D eigenvalue weighted by Crippen LogP contribution is -2.07. The van der Waals surface area contributed by atoms with Gasteiger partial charge in [-0.2, -0.15) is 0 Å². The number of carbonyl (C=O) groups excluding carboxylic acids is 1. The van der Waals surface area contributed by atoms with Gasteiger partial charge in [-0.15, -0.1) is 0 Å². The van der Waals surface area contributed by atoms with Crippen molar-refractivity contribution in [3.63, 3.8) is 0 Å². The van der Waals surface area contributed by atoms with Gasteiger partial charge in [0.05, 0.1) is 5.56 Å². The molecule has 0 unspecified atom stereocenters. The molecule has 0 radical (unpaired) electrons. The molecule has 0 heterocycles. The lowest BCUT2D eigenvalue weighted by molar-refractivity contribution is 0.0971. The summed E-state index contributed by atoms with van der Waals surface area (Å²) in [6, 6.07) is 3.24. The highest BCUT2D eigenvalue weighted by molar-refractivity contribution is 9.09. The zero-order chi connectivity index (χ0) is 11.4. The van der Waals surface area contributed by atoms with Crippen LogP contribution in [-0.4, -0.2) is 11.1 Å². The first-order valence-electron chi connectivity index (χ1n) is 4.23. The minimum Gasteiger partial charge on any atom is -0.294 e. The van der Waals surface area contributed by atoms with Crippen LogP contribution in [0.3, 0.4) is 0 Å². The number of rotatable bonds is 4. The molecule has 15 heavy (non-hydrogen) atoms. The highest BCUT2D eigenvalue weighted by atomic mass is 79.9. The fourth-order valence-electron chi connectivity index (χ4n) is 1.23. The molecule has 1 aromatic rings. The van der Waals surface area contributed by atoms with Gasteiger partial charge in [0.25, 0.3) is 6.43 Å². The Bertz CT molecular complexity index is 366. The molecule has 0 bridgehead atoms. The van der Waals surface area contributed by atoms with E-state index in [2.05, 4.69) is 15.9 Å². The molecule has 0 saturated carbocycles. The lowest BCUT2D eigenvalue weighted by Gasteiger charge is -2.07. The van der Waals surface area contributed by atoms with Gasteiger partial charge in [-0.05, 0) is 6.07 Å². The first kappa shape index (κ1) is 12.2. The van der Waals surface area contributed by atoms with Gasteiger partial charge in [0.15, 0.2) is 5.78 Å². The van der Waals surface area contributed by atoms with Gasteiger partial charge in [0, 0.05) is 17.3 Å². The number of benzene rings is 1. The molecule has 0 saturated heterocycles. The van der Waals surface area contributed by atoms with E-state index < -0.39 is 29.2 Å². The molecule has 0 aliphatic heterocycles. The molecule has 0 fully saturated rings. The normalized spacial score (nSPS) is 10.7. The van der Waals surface area contributed by atoms with Crippen LogP contribution in [0.1, 0.15) is 28.8 Å². The molecule has 5 heteroatoms. The van der Waals surface area contributed by atoms with Crippen LogP contribution in [0.2, 0.25) is 0 Å². The molecule has 82 valence electrons. The van der Waals surface area contributed by atoms with Crippen molar-refractivity contribution in [1.82, 2.24) is 0 Å². The van der Waals surface area contributed by atoms with Crippen molar-refractivity contribution in [1.29, 1.82) is 0 Å². The average molecular weight is 281 g/mol. The summed E-state index contributed by atoms with van der Waals surface area (Å²) in [6.07, 6.45) is -2.84. The fraction of sp³-hybridized carbons (Fsp3) is 0.300. The van der Waals surface area contributed by atoms with Crippen LogP contribution in [-0.2, 0) is 0 Å². The molecule has 1 rings (SSSR count). The Kier molecular flexibility index (Phi) is 4.32. The second kappa shape index (κ2) is 5.30. The van der Waals surface area contributed by atoms with E-state index in [4.69, 9.17) is 0 Å². The molecular formula is C10H8BrF3O. The summed E-state index contributed by atoms with van der Waals surface area (Å²) in [5, 5.41) is 0.322. The average Bonchev–Trinajstić information content (AvgIpc) is 2.17. The second-order valence-electron chi connectivity index (χ2n) is 2.87. The van der Waals surface area contributed by atoms with Crippen molar-refractivity contribution in [2.24, 2.45) is 0 Å². The summed E-state index contributed by atoms with van der Waals surface area (Å²) >= 11 is 3.00. The molecule has 0 aliphatic carbocycles. The molecule has 0 atom stereocenters. The van der Waals surface area contributed by atoms with E-state index in [9.17, 15) is 18.0 Å². The molecule has 0 aromatic heterocycles. The van der Waals surface area contributed by atoms with Crippen LogP contribution >= 0.6 is 15.9 Å². The quantitative estimate of drug-likeness (QED) is 0.607. The van der Waals surface area contributed by atoms with E-state index in [1.807, 2.05) is 0 Å². The fourth-order valence-corrected chi connectivity index (χ4v) is 1.59. The molecule has 0 spiro atoms. The van der Waals surface area contributed by atoms with E-state index in [-0.39, 0.29) is 6.42 Å². The second-order valence-corrected chi connectivity index (χ2v) is 3.66. The van der Waals surface area contributed by atoms with Gasteiger partial charge >= 0.3 is 0 Å². The number of alkyl halides is 3. The highest BCUT2D eigenvalue weighted by Crippen LogP contribution is 2.25. The van der Waals surface area contributed by atoms with E-state index in [0.29, 0.717) is 5.33 Å². The largest absolute Gasteiger partial charge is 0.294 e. The summed E-state index contributed by atoms with van der Waals surface area (Å²) in [4.78, 5) is 11.4. The summed E-state index contributed by atoms with van der Waals surface area (Å²) in [5.74, 6) is -1.50. The summed E-state index contributed by atoms with van der Waals surface area (Å²) in [7, 11) is 0. The van der Waals surface area contributed by atoms with E-state index in [1.165, 1.54) is 6.07 Å². The maximum Gasteiger partial charge on any atom is 0.264 e. The first-order chi connectivity index (χ1) is 7.07. The smallest absolute Gasteiger partial charge is 0.264 e. The Morgan fingerprint density at radius 1 is 1.40 bits per heavy atom. The third-order valence-electron chi connectivity index (χ3n) is 1.88. The Labute approximate surface area is 93.4 Å². The van der Waals surface area contributed by atoms with Gasteiger partial charge in [0.1, 0.15) is 5.82 Å². The van der Waals surface area contributed by atoms with Crippen LogP contribution in [0.25, 0.3) is 0 Å². The molecule has 0 aliphatic rings. The number of ketones is 1. The van der Waals surface area contributed by atoms with Gasteiger partial charge < -0.3 is 0 Å². The summed E-state index contributed by atoms with van der Waals surface area (Å²) in [5.41, 5.74) is -1.03. The van der Waals surface area contributed by atoms with Crippen molar-refractivity contribution >= 4 is 21.7 Å². The van der Waals surface area contributed by atoms with Crippen LogP contribution in [0.4, 0.5) is 13.2 Å². The Morgan fingerprint density at radius 2 is 2.07 bits per heavy atom. The molecule has 1 nitrogen and oxygen atoms in total.